The van der Waals surface area contributed by atoms with Gasteiger partial charge in [0.15, 0.2) is 0 Å². The van der Waals surface area contributed by atoms with E-state index in [1.165, 1.54) is 0 Å². The Labute approximate surface area is 164 Å². The lowest BCUT2D eigenvalue weighted by Gasteiger charge is -2.28. The maximum atomic E-state index is 13.0. The molecule has 0 unspecified atom stereocenters. The number of amides is 2. The van der Waals surface area contributed by atoms with E-state index in [2.05, 4.69) is 10.6 Å². The molecule has 1 aliphatic rings. The van der Waals surface area contributed by atoms with Gasteiger partial charge in [-0.1, -0.05) is 41.4 Å². The molecule has 1 heterocycles. The van der Waals surface area contributed by atoms with Gasteiger partial charge in [0.1, 0.15) is 5.70 Å². The predicted molar refractivity (Wildman–Crippen MR) is 108 cm³/mol. The fourth-order valence-corrected chi connectivity index (χ4v) is 2.94. The summed E-state index contributed by atoms with van der Waals surface area (Å²) in [5.41, 5.74) is 2.63. The molecule has 0 saturated carbocycles. The highest BCUT2D eigenvalue weighted by molar-refractivity contribution is 6.30. The second-order valence-corrected chi connectivity index (χ2v) is 6.91. The lowest BCUT2D eigenvalue weighted by atomic mass is 10.1. The Bertz CT molecular complexity index is 839. The van der Waals surface area contributed by atoms with Gasteiger partial charge in [-0.05, 0) is 42.8 Å². The Kier molecular flexibility index (Phi) is 6.27. The van der Waals surface area contributed by atoms with Gasteiger partial charge < -0.3 is 15.5 Å². The van der Waals surface area contributed by atoms with Crippen LogP contribution in [0.1, 0.15) is 21.5 Å². The average Bonchev–Trinajstić information content (AvgIpc) is 2.69. The van der Waals surface area contributed by atoms with E-state index in [0.29, 0.717) is 23.7 Å². The zero-order chi connectivity index (χ0) is 19.2. The van der Waals surface area contributed by atoms with Crippen molar-refractivity contribution < 1.29 is 9.59 Å². The highest BCUT2D eigenvalue weighted by Gasteiger charge is 2.22. The predicted octanol–water partition coefficient (Wildman–Crippen LogP) is 2.85. The summed E-state index contributed by atoms with van der Waals surface area (Å²) in [6.45, 7) is 4.66. The van der Waals surface area contributed by atoms with Crippen LogP contribution in [0.5, 0.6) is 0 Å². The summed E-state index contributed by atoms with van der Waals surface area (Å²) in [6, 6.07) is 14.4. The fourth-order valence-electron chi connectivity index (χ4n) is 2.81. The van der Waals surface area contributed by atoms with Gasteiger partial charge in [0.05, 0.1) is 0 Å². The van der Waals surface area contributed by atoms with E-state index in [4.69, 9.17) is 11.6 Å². The van der Waals surface area contributed by atoms with E-state index < -0.39 is 0 Å². The summed E-state index contributed by atoms with van der Waals surface area (Å²) in [5, 5.41) is 6.63. The van der Waals surface area contributed by atoms with Crippen LogP contribution in [0.15, 0.2) is 54.2 Å². The molecule has 0 spiro atoms. The number of benzene rings is 2. The molecule has 2 aromatic rings. The van der Waals surface area contributed by atoms with Crippen LogP contribution < -0.4 is 10.6 Å². The summed E-state index contributed by atoms with van der Waals surface area (Å²) in [5.74, 6) is -0.495. The van der Waals surface area contributed by atoms with Crippen LogP contribution in [0.4, 0.5) is 0 Å². The van der Waals surface area contributed by atoms with Crippen LogP contribution in [0.2, 0.25) is 5.02 Å². The lowest BCUT2D eigenvalue weighted by Crippen LogP contribution is -2.48. The first-order valence-corrected chi connectivity index (χ1v) is 9.26. The van der Waals surface area contributed by atoms with Crippen LogP contribution >= 0.6 is 11.6 Å². The Morgan fingerprint density at radius 2 is 1.67 bits per heavy atom. The molecule has 0 aliphatic carbocycles. The smallest absolute Gasteiger partial charge is 0.270 e. The minimum atomic E-state index is -0.307. The fraction of sp³-hybridized carbons (Fsp3) is 0.238. The number of aryl methyl sites for hydroxylation is 1. The number of hydrogen-bond acceptors (Lipinski definition) is 3. The summed E-state index contributed by atoms with van der Waals surface area (Å²) >= 11 is 5.94. The molecule has 27 heavy (non-hydrogen) atoms. The first-order chi connectivity index (χ1) is 13.0. The summed E-state index contributed by atoms with van der Waals surface area (Å²) in [6.07, 6.45) is 1.69. The first kappa shape index (κ1) is 19.1. The summed E-state index contributed by atoms with van der Waals surface area (Å²) in [7, 11) is 0. The number of nitrogens with zero attached hydrogens (tertiary/aromatic N) is 1. The molecule has 0 aromatic heterocycles. The van der Waals surface area contributed by atoms with Crippen molar-refractivity contribution >= 4 is 29.5 Å². The van der Waals surface area contributed by atoms with E-state index in [0.717, 1.165) is 24.2 Å². The van der Waals surface area contributed by atoms with Crippen molar-refractivity contribution in [1.29, 1.82) is 0 Å². The maximum Gasteiger partial charge on any atom is 0.270 e. The molecule has 1 aliphatic heterocycles. The van der Waals surface area contributed by atoms with Gasteiger partial charge in [-0.2, -0.15) is 0 Å². The lowest BCUT2D eigenvalue weighted by molar-refractivity contribution is -0.127. The van der Waals surface area contributed by atoms with Crippen LogP contribution in [-0.4, -0.2) is 42.9 Å². The van der Waals surface area contributed by atoms with Crippen molar-refractivity contribution in [1.82, 2.24) is 15.5 Å². The minimum absolute atomic E-state index is 0.188. The number of halogens is 1. The molecule has 0 radical (unpaired) electrons. The van der Waals surface area contributed by atoms with E-state index >= 15 is 0 Å². The Hall–Kier alpha value is -2.63. The topological polar surface area (TPSA) is 61.4 Å². The molecule has 3 rings (SSSR count). The van der Waals surface area contributed by atoms with Crippen LogP contribution in [-0.2, 0) is 4.79 Å². The molecule has 2 N–H and O–H groups in total. The van der Waals surface area contributed by atoms with E-state index in [9.17, 15) is 9.59 Å². The zero-order valence-electron chi connectivity index (χ0n) is 15.2. The standard InChI is InChI=1S/C21H22ClN3O2/c1-15-2-6-17(7-3-15)20(26)24-19(14-16-4-8-18(22)9-5-16)21(27)25-12-10-23-11-13-25/h2-9,14,23H,10-13H2,1H3,(H,24,26). The molecule has 1 saturated heterocycles. The Morgan fingerprint density at radius 3 is 2.30 bits per heavy atom. The van der Waals surface area contributed by atoms with Gasteiger partial charge in [0.2, 0.25) is 0 Å². The average molecular weight is 384 g/mol. The Morgan fingerprint density at radius 1 is 1.04 bits per heavy atom. The zero-order valence-corrected chi connectivity index (χ0v) is 15.9. The highest BCUT2D eigenvalue weighted by Crippen LogP contribution is 2.14. The second kappa shape index (κ2) is 8.84. The van der Waals surface area contributed by atoms with Gasteiger partial charge in [-0.15, -0.1) is 0 Å². The van der Waals surface area contributed by atoms with Crippen molar-refractivity contribution in [2.45, 2.75) is 6.92 Å². The highest BCUT2D eigenvalue weighted by atomic mass is 35.5. The summed E-state index contributed by atoms with van der Waals surface area (Å²) < 4.78 is 0. The first-order valence-electron chi connectivity index (χ1n) is 8.88. The molecular formula is C21H22ClN3O2. The quantitative estimate of drug-likeness (QED) is 0.798. The number of rotatable bonds is 4. The normalized spacial score (nSPS) is 14.7. The van der Waals surface area contributed by atoms with Crippen molar-refractivity contribution in [3.05, 3.63) is 75.9 Å². The molecule has 2 amide bonds. The molecule has 140 valence electrons. The van der Waals surface area contributed by atoms with Crippen molar-refractivity contribution in [3.63, 3.8) is 0 Å². The van der Waals surface area contributed by atoms with Crippen LogP contribution in [0.3, 0.4) is 0 Å². The third-order valence-corrected chi connectivity index (χ3v) is 4.63. The SMILES string of the molecule is Cc1ccc(C(=O)NC(=Cc2ccc(Cl)cc2)C(=O)N2CCNCC2)cc1. The molecular weight excluding hydrogens is 362 g/mol. The van der Waals surface area contributed by atoms with Crippen LogP contribution in [0.25, 0.3) is 6.08 Å². The molecule has 0 bridgehead atoms. The van der Waals surface area contributed by atoms with E-state index in [-0.39, 0.29) is 17.5 Å². The van der Waals surface area contributed by atoms with Gasteiger partial charge in [-0.25, -0.2) is 0 Å². The van der Waals surface area contributed by atoms with Gasteiger partial charge >= 0.3 is 0 Å². The van der Waals surface area contributed by atoms with Gasteiger partial charge in [0.25, 0.3) is 11.8 Å². The number of nitrogens with one attached hydrogen (secondary N) is 2. The summed E-state index contributed by atoms with van der Waals surface area (Å²) in [4.78, 5) is 27.4. The van der Waals surface area contributed by atoms with Crippen molar-refractivity contribution in [2.75, 3.05) is 26.2 Å². The van der Waals surface area contributed by atoms with Gasteiger partial charge in [0, 0.05) is 36.8 Å². The maximum absolute atomic E-state index is 13.0. The number of carbonyl (C=O) groups is 2. The van der Waals surface area contributed by atoms with E-state index in [1.54, 1.807) is 35.2 Å². The molecule has 6 heteroatoms. The molecule has 2 aromatic carbocycles. The minimum Gasteiger partial charge on any atom is -0.335 e. The monoisotopic (exact) mass is 383 g/mol. The second-order valence-electron chi connectivity index (χ2n) is 6.47. The number of piperazine rings is 1. The van der Waals surface area contributed by atoms with E-state index in [1.807, 2.05) is 31.2 Å². The molecule has 5 nitrogen and oxygen atoms in total. The van der Waals surface area contributed by atoms with Gasteiger partial charge in [-0.3, -0.25) is 9.59 Å². The third kappa shape index (κ3) is 5.18. The largest absolute Gasteiger partial charge is 0.335 e. The number of carbonyl (C=O) groups excluding carboxylic acids is 2. The molecule has 1 fully saturated rings. The number of hydrogen-bond donors (Lipinski definition) is 2. The van der Waals surface area contributed by atoms with Crippen molar-refractivity contribution in [2.24, 2.45) is 0 Å². The van der Waals surface area contributed by atoms with Crippen molar-refractivity contribution in [3.8, 4) is 0 Å². The third-order valence-electron chi connectivity index (χ3n) is 4.38. The Balaban J connectivity index is 1.86. The van der Waals surface area contributed by atoms with Crippen LogP contribution in [0, 0.1) is 6.92 Å². The molecule has 0 atom stereocenters.